The summed E-state index contributed by atoms with van der Waals surface area (Å²) in [6, 6.07) is 0. The Balaban J connectivity index is 3.41. The normalized spacial score (nSPS) is 10.9. The molecule has 4 nitrogen and oxygen atoms in total. The molecule has 0 aromatic rings. The van der Waals surface area contributed by atoms with Gasteiger partial charge in [0.1, 0.15) is 0 Å². The van der Waals surface area contributed by atoms with E-state index in [0.29, 0.717) is 24.7 Å². The summed E-state index contributed by atoms with van der Waals surface area (Å²) in [5.41, 5.74) is 0. The van der Waals surface area contributed by atoms with Crippen LogP contribution in [0.5, 0.6) is 0 Å². The predicted octanol–water partition coefficient (Wildman–Crippen LogP) is 2.87. The molecule has 0 aliphatic heterocycles. The van der Waals surface area contributed by atoms with E-state index in [9.17, 15) is 9.59 Å². The number of hydrogen-bond acceptors (Lipinski definition) is 2. The summed E-state index contributed by atoms with van der Waals surface area (Å²) in [6.07, 6.45) is 4.65. The second-order valence-electron chi connectivity index (χ2n) is 6.27. The molecule has 20 heavy (non-hydrogen) atoms. The first-order chi connectivity index (χ1) is 9.41. The molecule has 0 fully saturated rings. The van der Waals surface area contributed by atoms with Crippen LogP contribution in [0.25, 0.3) is 0 Å². The minimum Gasteiger partial charge on any atom is -0.356 e. The minimum absolute atomic E-state index is 0.103. The molecule has 118 valence electrons. The van der Waals surface area contributed by atoms with Gasteiger partial charge in [-0.1, -0.05) is 27.7 Å². The van der Waals surface area contributed by atoms with E-state index in [1.165, 1.54) is 0 Å². The molecule has 0 rings (SSSR count). The Hall–Kier alpha value is -1.06. The third kappa shape index (κ3) is 13.4. The zero-order chi connectivity index (χ0) is 15.4. The molecule has 0 aliphatic rings. The zero-order valence-electron chi connectivity index (χ0n) is 13.6. The van der Waals surface area contributed by atoms with Crippen molar-refractivity contribution in [3.05, 3.63) is 0 Å². The summed E-state index contributed by atoms with van der Waals surface area (Å²) < 4.78 is 0. The second-order valence-corrected chi connectivity index (χ2v) is 6.27. The van der Waals surface area contributed by atoms with E-state index in [1.807, 2.05) is 0 Å². The van der Waals surface area contributed by atoms with Gasteiger partial charge in [-0.25, -0.2) is 0 Å². The lowest BCUT2D eigenvalue weighted by molar-refractivity contribution is -0.123. The van der Waals surface area contributed by atoms with E-state index in [1.54, 1.807) is 0 Å². The summed E-state index contributed by atoms with van der Waals surface area (Å²) >= 11 is 0. The van der Waals surface area contributed by atoms with E-state index in [-0.39, 0.29) is 11.8 Å². The van der Waals surface area contributed by atoms with Gasteiger partial charge in [-0.2, -0.15) is 0 Å². The van der Waals surface area contributed by atoms with Crippen LogP contribution in [0, 0.1) is 11.8 Å². The minimum atomic E-state index is 0.103. The average Bonchev–Trinajstić information content (AvgIpc) is 2.33. The van der Waals surface area contributed by atoms with Crippen LogP contribution in [0.15, 0.2) is 0 Å². The fourth-order valence-electron chi connectivity index (χ4n) is 1.75. The van der Waals surface area contributed by atoms with Gasteiger partial charge in [-0.3, -0.25) is 9.59 Å². The Bertz CT molecular complexity index is 248. The molecule has 0 aromatic heterocycles. The number of unbranched alkanes of at least 4 members (excludes halogenated alkanes) is 1. The van der Waals surface area contributed by atoms with Gasteiger partial charge in [0.05, 0.1) is 0 Å². The molecule has 0 aromatic carbocycles. The van der Waals surface area contributed by atoms with Gasteiger partial charge in [0.2, 0.25) is 11.8 Å². The Morgan fingerprint density at radius 3 is 1.40 bits per heavy atom. The molecule has 0 heterocycles. The Morgan fingerprint density at radius 2 is 1.10 bits per heavy atom. The fraction of sp³-hybridized carbons (Fsp3) is 0.875. The zero-order valence-corrected chi connectivity index (χ0v) is 13.6. The highest BCUT2D eigenvalue weighted by Gasteiger charge is 2.04. The largest absolute Gasteiger partial charge is 0.356 e. The highest BCUT2D eigenvalue weighted by atomic mass is 16.2. The van der Waals surface area contributed by atoms with Gasteiger partial charge in [0, 0.05) is 25.9 Å². The first kappa shape index (κ1) is 18.9. The highest BCUT2D eigenvalue weighted by Crippen LogP contribution is 2.02. The molecule has 0 unspecified atom stereocenters. The summed E-state index contributed by atoms with van der Waals surface area (Å²) in [5.74, 6) is 1.44. The quantitative estimate of drug-likeness (QED) is 0.573. The monoisotopic (exact) mass is 284 g/mol. The van der Waals surface area contributed by atoms with Gasteiger partial charge >= 0.3 is 0 Å². The molecule has 0 radical (unpaired) electrons. The van der Waals surface area contributed by atoms with Crippen molar-refractivity contribution in [3.63, 3.8) is 0 Å². The number of carbonyl (C=O) groups excluding carboxylic acids is 2. The lowest BCUT2D eigenvalue weighted by Crippen LogP contribution is -2.26. The Kier molecular flexibility index (Phi) is 11.1. The van der Waals surface area contributed by atoms with Crippen molar-refractivity contribution in [3.8, 4) is 0 Å². The maximum atomic E-state index is 11.5. The number of amides is 2. The van der Waals surface area contributed by atoms with E-state index in [4.69, 9.17) is 0 Å². The first-order valence-corrected chi connectivity index (χ1v) is 7.95. The highest BCUT2D eigenvalue weighted by molar-refractivity contribution is 5.77. The van der Waals surface area contributed by atoms with Crippen molar-refractivity contribution in [1.82, 2.24) is 10.6 Å². The standard InChI is InChI=1S/C16H32N2O2/c1-13(2)9-11-17-15(19)7-5-6-8-16(20)18-12-10-14(3)4/h13-14H,5-12H2,1-4H3,(H,17,19)(H,18,20). The van der Waals surface area contributed by atoms with Crippen molar-refractivity contribution >= 4 is 11.8 Å². The van der Waals surface area contributed by atoms with Crippen LogP contribution in [0.4, 0.5) is 0 Å². The maximum absolute atomic E-state index is 11.5. The fourth-order valence-corrected chi connectivity index (χ4v) is 1.75. The van der Waals surface area contributed by atoms with Crippen LogP contribution in [-0.2, 0) is 9.59 Å². The van der Waals surface area contributed by atoms with Crippen LogP contribution in [0.2, 0.25) is 0 Å². The number of rotatable bonds is 11. The molecular formula is C16H32N2O2. The van der Waals surface area contributed by atoms with E-state index >= 15 is 0 Å². The van der Waals surface area contributed by atoms with Gasteiger partial charge in [0.15, 0.2) is 0 Å². The maximum Gasteiger partial charge on any atom is 0.219 e. The molecule has 2 amide bonds. The molecule has 0 aliphatic carbocycles. The van der Waals surface area contributed by atoms with Gasteiger partial charge in [-0.05, 0) is 37.5 Å². The summed E-state index contributed by atoms with van der Waals surface area (Å²) in [7, 11) is 0. The topological polar surface area (TPSA) is 58.2 Å². The van der Waals surface area contributed by atoms with Gasteiger partial charge < -0.3 is 10.6 Å². The van der Waals surface area contributed by atoms with Gasteiger partial charge in [-0.15, -0.1) is 0 Å². The van der Waals surface area contributed by atoms with E-state index < -0.39 is 0 Å². The lowest BCUT2D eigenvalue weighted by atomic mass is 10.1. The summed E-state index contributed by atoms with van der Waals surface area (Å²) in [5, 5.41) is 5.82. The second kappa shape index (κ2) is 11.7. The molecule has 0 saturated heterocycles. The third-order valence-corrected chi connectivity index (χ3v) is 3.15. The molecular weight excluding hydrogens is 252 g/mol. The number of nitrogens with one attached hydrogen (secondary N) is 2. The van der Waals surface area contributed by atoms with Crippen LogP contribution in [-0.4, -0.2) is 24.9 Å². The Labute approximate surface area is 124 Å². The molecule has 0 bridgehead atoms. The molecule has 2 N–H and O–H groups in total. The van der Waals surface area contributed by atoms with Crippen molar-refractivity contribution in [2.75, 3.05) is 13.1 Å². The smallest absolute Gasteiger partial charge is 0.219 e. The average molecular weight is 284 g/mol. The van der Waals surface area contributed by atoms with E-state index in [0.717, 1.165) is 38.8 Å². The number of carbonyl (C=O) groups is 2. The Morgan fingerprint density at radius 1 is 0.750 bits per heavy atom. The SMILES string of the molecule is CC(C)CCNC(=O)CCCCC(=O)NCCC(C)C. The van der Waals surface area contributed by atoms with Crippen LogP contribution >= 0.6 is 0 Å². The van der Waals surface area contributed by atoms with E-state index in [2.05, 4.69) is 38.3 Å². The van der Waals surface area contributed by atoms with Crippen LogP contribution < -0.4 is 10.6 Å². The van der Waals surface area contributed by atoms with Crippen molar-refractivity contribution < 1.29 is 9.59 Å². The summed E-state index contributed by atoms with van der Waals surface area (Å²) in [4.78, 5) is 23.0. The van der Waals surface area contributed by atoms with Crippen LogP contribution in [0.1, 0.15) is 66.2 Å². The predicted molar refractivity (Wildman–Crippen MR) is 83.4 cm³/mol. The van der Waals surface area contributed by atoms with Gasteiger partial charge in [0.25, 0.3) is 0 Å². The van der Waals surface area contributed by atoms with Crippen molar-refractivity contribution in [2.24, 2.45) is 11.8 Å². The molecule has 0 atom stereocenters. The molecule has 0 saturated carbocycles. The molecule has 0 spiro atoms. The van der Waals surface area contributed by atoms with Crippen LogP contribution in [0.3, 0.4) is 0 Å². The number of hydrogen-bond donors (Lipinski definition) is 2. The van der Waals surface area contributed by atoms with Crippen molar-refractivity contribution in [2.45, 2.75) is 66.2 Å². The summed E-state index contributed by atoms with van der Waals surface area (Å²) in [6.45, 7) is 10.1. The lowest BCUT2D eigenvalue weighted by Gasteiger charge is -2.08. The first-order valence-electron chi connectivity index (χ1n) is 7.95. The third-order valence-electron chi connectivity index (χ3n) is 3.15. The van der Waals surface area contributed by atoms with Crippen molar-refractivity contribution in [1.29, 1.82) is 0 Å². The molecule has 4 heteroatoms.